The van der Waals surface area contributed by atoms with E-state index in [4.69, 9.17) is 22.4 Å². The van der Waals surface area contributed by atoms with E-state index in [0.29, 0.717) is 47.9 Å². The molecule has 176 valence electrons. The molecule has 0 bridgehead atoms. The van der Waals surface area contributed by atoms with Crippen LogP contribution >= 0.6 is 11.6 Å². The number of fused-ring (bicyclic) bond motifs is 1. The van der Waals surface area contributed by atoms with E-state index in [2.05, 4.69) is 5.32 Å². The third-order valence-corrected chi connectivity index (χ3v) is 6.09. The molecule has 3 N–H and O–H groups in total. The number of amides is 1. The molecule has 8 heteroatoms. The first-order chi connectivity index (χ1) is 16.5. The van der Waals surface area contributed by atoms with Crippen LogP contribution in [-0.4, -0.2) is 26.6 Å². The van der Waals surface area contributed by atoms with E-state index in [1.165, 1.54) is 0 Å². The van der Waals surface area contributed by atoms with Crippen LogP contribution in [0, 0.1) is 0 Å². The molecule has 0 saturated carbocycles. The van der Waals surface area contributed by atoms with Crippen molar-refractivity contribution in [2.45, 2.75) is 38.8 Å². The molecule has 1 amide bonds. The number of benzene rings is 2. The molecule has 0 fully saturated rings. The Morgan fingerprint density at radius 2 is 1.94 bits per heavy atom. The molecule has 0 saturated heterocycles. The maximum absolute atomic E-state index is 13.4. The minimum Gasteiger partial charge on any atom is -0.342 e. The fourth-order valence-electron chi connectivity index (χ4n) is 4.08. The van der Waals surface area contributed by atoms with Crippen molar-refractivity contribution in [2.24, 2.45) is 5.73 Å². The van der Waals surface area contributed by atoms with Crippen LogP contribution in [0.3, 0.4) is 0 Å². The molecule has 4 rings (SSSR count). The lowest BCUT2D eigenvalue weighted by Gasteiger charge is -2.22. The summed E-state index contributed by atoms with van der Waals surface area (Å²) in [7, 11) is 0. The summed E-state index contributed by atoms with van der Waals surface area (Å²) in [5, 5.41) is 8.40. The minimum absolute atomic E-state index is 0.151. The normalized spacial score (nSPS) is 12.1. The predicted octanol–water partition coefficient (Wildman–Crippen LogP) is 3.97. The van der Waals surface area contributed by atoms with Crippen molar-refractivity contribution in [3.05, 3.63) is 105 Å². The Morgan fingerprint density at radius 1 is 1.15 bits per heavy atom. The zero-order valence-electron chi connectivity index (χ0n) is 19.1. The highest BCUT2D eigenvalue weighted by Crippen LogP contribution is 2.21. The molecular weight excluding hydrogens is 450 g/mol. The number of hydrogen-bond acceptors (Lipinski definition) is 4. The molecule has 2 aromatic heterocycles. The van der Waals surface area contributed by atoms with Gasteiger partial charge < -0.3 is 11.1 Å². The Kier molecular flexibility index (Phi) is 7.45. The fraction of sp³-hybridized carbons (Fsp3) is 0.269. The van der Waals surface area contributed by atoms with E-state index in [-0.39, 0.29) is 11.5 Å². The maximum Gasteiger partial charge on any atom is 0.278 e. The first-order valence-corrected chi connectivity index (χ1v) is 11.8. The van der Waals surface area contributed by atoms with Gasteiger partial charge in [-0.05, 0) is 67.3 Å². The van der Waals surface area contributed by atoms with Crippen LogP contribution in [0.25, 0.3) is 5.52 Å². The molecule has 0 aliphatic rings. The van der Waals surface area contributed by atoms with E-state index in [0.717, 1.165) is 17.5 Å². The van der Waals surface area contributed by atoms with E-state index in [1.807, 2.05) is 43.3 Å². The second-order valence-electron chi connectivity index (χ2n) is 8.20. The molecular formula is C26H28ClN5O2. The van der Waals surface area contributed by atoms with E-state index in [1.54, 1.807) is 39.5 Å². The highest BCUT2D eigenvalue weighted by atomic mass is 35.5. The topological polar surface area (TPSA) is 94.4 Å². The smallest absolute Gasteiger partial charge is 0.278 e. The van der Waals surface area contributed by atoms with E-state index in [9.17, 15) is 9.59 Å². The molecule has 0 spiro atoms. The molecule has 2 aromatic carbocycles. The van der Waals surface area contributed by atoms with Gasteiger partial charge in [0.15, 0.2) is 5.82 Å². The number of carbonyl (C=O) groups excluding carboxylic acids is 1. The maximum atomic E-state index is 13.4. The molecule has 7 nitrogen and oxygen atoms in total. The molecule has 1 atom stereocenters. The van der Waals surface area contributed by atoms with E-state index >= 15 is 0 Å². The highest BCUT2D eigenvalue weighted by molar-refractivity contribution is 6.30. The zero-order valence-corrected chi connectivity index (χ0v) is 19.8. The SMILES string of the molecule is CCC(NC(=O)c1ccc(Cl)cc1CCCN)c1nn2cccc2c(=O)n1Cc1ccccc1. The van der Waals surface area contributed by atoms with Gasteiger partial charge >= 0.3 is 0 Å². The molecule has 0 aliphatic carbocycles. The van der Waals surface area contributed by atoms with Gasteiger partial charge in [0.25, 0.3) is 11.5 Å². The molecule has 0 radical (unpaired) electrons. The molecule has 0 aliphatic heterocycles. The monoisotopic (exact) mass is 477 g/mol. The van der Waals surface area contributed by atoms with Crippen LogP contribution in [0.2, 0.25) is 5.02 Å². The standard InChI is InChI=1S/C26H28ClN5O2/c1-2-22(29-25(33)21-13-12-20(27)16-19(21)10-6-14-28)24-30-32-15-7-11-23(32)26(34)31(24)17-18-8-4-3-5-9-18/h3-5,7-9,11-13,15-16,22H,2,6,10,14,17,28H2,1H3,(H,29,33). The van der Waals surface area contributed by atoms with Crippen LogP contribution in [-0.2, 0) is 13.0 Å². The van der Waals surface area contributed by atoms with Gasteiger partial charge in [0.05, 0.1) is 12.6 Å². The van der Waals surface area contributed by atoms with Crippen molar-refractivity contribution in [3.8, 4) is 0 Å². The van der Waals surface area contributed by atoms with Gasteiger partial charge in [0, 0.05) is 16.8 Å². The van der Waals surface area contributed by atoms with Crippen molar-refractivity contribution in [1.82, 2.24) is 19.5 Å². The van der Waals surface area contributed by atoms with Crippen molar-refractivity contribution >= 4 is 23.0 Å². The minimum atomic E-state index is -0.464. The average molecular weight is 478 g/mol. The summed E-state index contributed by atoms with van der Waals surface area (Å²) in [6, 6.07) is 18.1. The van der Waals surface area contributed by atoms with Gasteiger partial charge in [-0.1, -0.05) is 48.9 Å². The summed E-state index contributed by atoms with van der Waals surface area (Å²) in [6.07, 6.45) is 3.71. The van der Waals surface area contributed by atoms with Crippen LogP contribution in [0.15, 0.2) is 71.7 Å². The van der Waals surface area contributed by atoms with E-state index < -0.39 is 6.04 Å². The lowest BCUT2D eigenvalue weighted by molar-refractivity contribution is 0.0931. The highest BCUT2D eigenvalue weighted by Gasteiger charge is 2.23. The largest absolute Gasteiger partial charge is 0.342 e. The number of halogens is 1. The summed E-state index contributed by atoms with van der Waals surface area (Å²) in [5.74, 6) is 0.273. The third-order valence-electron chi connectivity index (χ3n) is 5.85. The second-order valence-corrected chi connectivity index (χ2v) is 8.64. The number of rotatable bonds is 9. The Balaban J connectivity index is 1.72. The lowest BCUT2D eigenvalue weighted by atomic mass is 10.0. The van der Waals surface area contributed by atoms with Crippen molar-refractivity contribution < 1.29 is 4.79 Å². The fourth-order valence-corrected chi connectivity index (χ4v) is 4.28. The van der Waals surface area contributed by atoms with Gasteiger partial charge in [-0.2, -0.15) is 5.10 Å². The van der Waals surface area contributed by atoms with Crippen LogP contribution in [0.4, 0.5) is 0 Å². The summed E-state index contributed by atoms with van der Waals surface area (Å²) in [4.78, 5) is 26.7. The van der Waals surface area contributed by atoms with Gasteiger partial charge in [-0.15, -0.1) is 0 Å². The Bertz CT molecular complexity index is 1350. The first kappa shape index (κ1) is 23.7. The summed E-state index contributed by atoms with van der Waals surface area (Å²) < 4.78 is 3.22. The van der Waals surface area contributed by atoms with Gasteiger partial charge in [0.1, 0.15) is 5.52 Å². The predicted molar refractivity (Wildman–Crippen MR) is 134 cm³/mol. The second kappa shape index (κ2) is 10.7. The summed E-state index contributed by atoms with van der Waals surface area (Å²) in [5.41, 5.74) is 8.39. The summed E-state index contributed by atoms with van der Waals surface area (Å²) >= 11 is 6.18. The zero-order chi connectivity index (χ0) is 24.1. The number of carbonyl (C=O) groups is 1. The van der Waals surface area contributed by atoms with Crippen LogP contribution in [0.1, 0.15) is 53.1 Å². The third kappa shape index (κ3) is 5.05. The molecule has 34 heavy (non-hydrogen) atoms. The van der Waals surface area contributed by atoms with Crippen molar-refractivity contribution in [2.75, 3.05) is 6.54 Å². The number of nitrogens with zero attached hydrogens (tertiary/aromatic N) is 3. The number of aromatic nitrogens is 3. The van der Waals surface area contributed by atoms with Crippen LogP contribution < -0.4 is 16.6 Å². The van der Waals surface area contributed by atoms with Gasteiger partial charge in [0.2, 0.25) is 0 Å². The first-order valence-electron chi connectivity index (χ1n) is 11.4. The molecule has 2 heterocycles. The Labute approximate surface area is 203 Å². The van der Waals surface area contributed by atoms with Gasteiger partial charge in [-0.3, -0.25) is 14.2 Å². The number of aryl methyl sites for hydroxylation is 1. The van der Waals surface area contributed by atoms with Gasteiger partial charge in [-0.25, -0.2) is 4.52 Å². The molecule has 1 unspecified atom stereocenters. The number of nitrogens with one attached hydrogen (secondary N) is 1. The number of hydrogen-bond donors (Lipinski definition) is 2. The van der Waals surface area contributed by atoms with Crippen molar-refractivity contribution in [1.29, 1.82) is 0 Å². The summed E-state index contributed by atoms with van der Waals surface area (Å²) in [6.45, 7) is 2.84. The number of nitrogens with two attached hydrogens (primary N) is 1. The Morgan fingerprint density at radius 3 is 2.68 bits per heavy atom. The van der Waals surface area contributed by atoms with Crippen LogP contribution in [0.5, 0.6) is 0 Å². The Hall–Kier alpha value is -3.42. The lowest BCUT2D eigenvalue weighted by Crippen LogP contribution is -2.36. The quantitative estimate of drug-likeness (QED) is 0.381. The molecule has 4 aromatic rings. The van der Waals surface area contributed by atoms with Crippen molar-refractivity contribution in [3.63, 3.8) is 0 Å². The average Bonchev–Trinajstić information content (AvgIpc) is 3.32.